The lowest BCUT2D eigenvalue weighted by atomic mass is 10.0. The molecule has 3 nitrogen and oxygen atoms in total. The Balaban J connectivity index is 2.17. The van der Waals surface area contributed by atoms with E-state index in [9.17, 15) is 4.79 Å². The second kappa shape index (κ2) is 5.88. The van der Waals surface area contributed by atoms with Gasteiger partial charge in [-0.3, -0.25) is 4.79 Å². The molecule has 1 unspecified atom stereocenters. The van der Waals surface area contributed by atoms with Gasteiger partial charge in [0.15, 0.2) is 0 Å². The van der Waals surface area contributed by atoms with E-state index in [1.54, 1.807) is 0 Å². The van der Waals surface area contributed by atoms with Gasteiger partial charge in [-0.2, -0.15) is 0 Å². The van der Waals surface area contributed by atoms with Crippen LogP contribution >= 0.6 is 0 Å². The fraction of sp³-hybridized carbons (Fsp3) is 0.235. The molecular weight excluding hydrogens is 248 g/mol. The molecule has 104 valence electrons. The topological polar surface area (TPSA) is 55.1 Å². The molecule has 2 aromatic carbocycles. The highest BCUT2D eigenvalue weighted by atomic mass is 16.1. The SMILES string of the molecule is Cc1ccc(C)c(C(=O)Nc2ccc(C(C)N)cc2)c1. The van der Waals surface area contributed by atoms with E-state index in [1.807, 2.05) is 63.2 Å². The molecule has 0 radical (unpaired) electrons. The maximum atomic E-state index is 12.3. The summed E-state index contributed by atoms with van der Waals surface area (Å²) in [5.41, 5.74) is 10.4. The van der Waals surface area contributed by atoms with Crippen LogP contribution in [0.2, 0.25) is 0 Å². The Morgan fingerprint density at radius 2 is 1.75 bits per heavy atom. The number of nitrogens with two attached hydrogens (primary N) is 1. The standard InChI is InChI=1S/C17H20N2O/c1-11-4-5-12(2)16(10-11)17(20)19-15-8-6-14(7-9-15)13(3)18/h4-10,13H,18H2,1-3H3,(H,19,20). The lowest BCUT2D eigenvalue weighted by molar-refractivity contribution is 0.102. The van der Waals surface area contributed by atoms with Crippen molar-refractivity contribution in [3.8, 4) is 0 Å². The quantitative estimate of drug-likeness (QED) is 0.894. The molecule has 0 bridgehead atoms. The van der Waals surface area contributed by atoms with Crippen LogP contribution in [0.4, 0.5) is 5.69 Å². The zero-order valence-corrected chi connectivity index (χ0v) is 12.1. The Kier molecular flexibility index (Phi) is 4.20. The first-order chi connectivity index (χ1) is 9.47. The molecule has 3 heteroatoms. The van der Waals surface area contributed by atoms with E-state index in [2.05, 4.69) is 5.32 Å². The molecule has 0 heterocycles. The van der Waals surface area contributed by atoms with Crippen molar-refractivity contribution in [2.24, 2.45) is 5.73 Å². The van der Waals surface area contributed by atoms with Crippen LogP contribution in [0.1, 0.15) is 40.0 Å². The third kappa shape index (κ3) is 3.25. The van der Waals surface area contributed by atoms with E-state index in [0.717, 1.165) is 22.4 Å². The van der Waals surface area contributed by atoms with Gasteiger partial charge in [-0.1, -0.05) is 29.8 Å². The van der Waals surface area contributed by atoms with E-state index in [1.165, 1.54) is 0 Å². The summed E-state index contributed by atoms with van der Waals surface area (Å²) in [4.78, 5) is 12.3. The Bertz CT molecular complexity index is 615. The van der Waals surface area contributed by atoms with E-state index >= 15 is 0 Å². The van der Waals surface area contributed by atoms with Gasteiger partial charge in [0.1, 0.15) is 0 Å². The summed E-state index contributed by atoms with van der Waals surface area (Å²) in [5.74, 6) is -0.0836. The predicted molar refractivity (Wildman–Crippen MR) is 82.9 cm³/mol. The van der Waals surface area contributed by atoms with Crippen LogP contribution in [-0.2, 0) is 0 Å². The summed E-state index contributed by atoms with van der Waals surface area (Å²) in [5, 5.41) is 2.91. The number of carbonyl (C=O) groups is 1. The normalized spacial score (nSPS) is 12.0. The van der Waals surface area contributed by atoms with E-state index in [4.69, 9.17) is 5.73 Å². The third-order valence-corrected chi connectivity index (χ3v) is 3.33. The average molecular weight is 268 g/mol. The number of carbonyl (C=O) groups excluding carboxylic acids is 1. The largest absolute Gasteiger partial charge is 0.324 e. The predicted octanol–water partition coefficient (Wildman–Crippen LogP) is 3.58. The summed E-state index contributed by atoms with van der Waals surface area (Å²) in [7, 11) is 0. The second-order valence-electron chi connectivity index (χ2n) is 5.18. The molecule has 0 aromatic heterocycles. The van der Waals surface area contributed by atoms with E-state index < -0.39 is 0 Å². The highest BCUT2D eigenvalue weighted by Gasteiger charge is 2.09. The van der Waals surface area contributed by atoms with Crippen molar-refractivity contribution in [3.63, 3.8) is 0 Å². The Morgan fingerprint density at radius 3 is 2.35 bits per heavy atom. The summed E-state index contributed by atoms with van der Waals surface area (Å²) in [6, 6.07) is 13.5. The van der Waals surface area contributed by atoms with Gasteiger partial charge in [0, 0.05) is 17.3 Å². The van der Waals surface area contributed by atoms with Crippen molar-refractivity contribution < 1.29 is 4.79 Å². The molecule has 0 fully saturated rings. The third-order valence-electron chi connectivity index (χ3n) is 3.33. The molecule has 1 atom stereocenters. The Hall–Kier alpha value is -2.13. The Morgan fingerprint density at radius 1 is 1.10 bits per heavy atom. The fourth-order valence-corrected chi connectivity index (χ4v) is 2.05. The molecule has 2 rings (SSSR count). The molecule has 0 saturated carbocycles. The number of hydrogen-bond donors (Lipinski definition) is 2. The molecule has 0 aliphatic heterocycles. The number of anilines is 1. The van der Waals surface area contributed by atoms with Gasteiger partial charge < -0.3 is 11.1 Å². The van der Waals surface area contributed by atoms with Crippen molar-refractivity contribution in [1.82, 2.24) is 0 Å². The highest BCUT2D eigenvalue weighted by molar-refractivity contribution is 6.05. The number of benzene rings is 2. The van der Waals surface area contributed by atoms with Crippen LogP contribution < -0.4 is 11.1 Å². The molecule has 20 heavy (non-hydrogen) atoms. The van der Waals surface area contributed by atoms with Crippen molar-refractivity contribution >= 4 is 11.6 Å². The molecule has 3 N–H and O–H groups in total. The zero-order valence-electron chi connectivity index (χ0n) is 12.1. The van der Waals surface area contributed by atoms with Gasteiger partial charge >= 0.3 is 0 Å². The van der Waals surface area contributed by atoms with Crippen LogP contribution in [-0.4, -0.2) is 5.91 Å². The lowest BCUT2D eigenvalue weighted by Crippen LogP contribution is -2.13. The fourth-order valence-electron chi connectivity index (χ4n) is 2.05. The Labute approximate surface area is 119 Å². The average Bonchev–Trinajstić information content (AvgIpc) is 2.42. The minimum atomic E-state index is -0.0836. The van der Waals surface area contributed by atoms with Crippen LogP contribution in [0, 0.1) is 13.8 Å². The van der Waals surface area contributed by atoms with Gasteiger partial charge in [0.05, 0.1) is 0 Å². The van der Waals surface area contributed by atoms with Gasteiger partial charge in [-0.15, -0.1) is 0 Å². The van der Waals surface area contributed by atoms with Crippen molar-refractivity contribution in [1.29, 1.82) is 0 Å². The van der Waals surface area contributed by atoms with Crippen molar-refractivity contribution in [3.05, 3.63) is 64.7 Å². The molecule has 0 saturated heterocycles. The number of aryl methyl sites for hydroxylation is 2. The monoisotopic (exact) mass is 268 g/mol. The number of amides is 1. The van der Waals surface area contributed by atoms with Crippen molar-refractivity contribution in [2.45, 2.75) is 26.8 Å². The molecule has 2 aromatic rings. The molecule has 0 spiro atoms. The zero-order chi connectivity index (χ0) is 14.7. The molecular formula is C17H20N2O. The smallest absolute Gasteiger partial charge is 0.255 e. The maximum Gasteiger partial charge on any atom is 0.255 e. The number of nitrogens with one attached hydrogen (secondary N) is 1. The first-order valence-corrected chi connectivity index (χ1v) is 6.71. The van der Waals surface area contributed by atoms with Crippen LogP contribution in [0.25, 0.3) is 0 Å². The number of hydrogen-bond acceptors (Lipinski definition) is 2. The van der Waals surface area contributed by atoms with E-state index in [0.29, 0.717) is 5.56 Å². The van der Waals surface area contributed by atoms with Crippen molar-refractivity contribution in [2.75, 3.05) is 5.32 Å². The summed E-state index contributed by atoms with van der Waals surface area (Å²) in [6.07, 6.45) is 0. The maximum absolute atomic E-state index is 12.3. The van der Waals surface area contributed by atoms with Gasteiger partial charge in [0.25, 0.3) is 5.91 Å². The number of rotatable bonds is 3. The molecule has 0 aliphatic rings. The first-order valence-electron chi connectivity index (χ1n) is 6.71. The van der Waals surface area contributed by atoms with Gasteiger partial charge in [-0.05, 0) is 50.1 Å². The highest BCUT2D eigenvalue weighted by Crippen LogP contribution is 2.17. The van der Waals surface area contributed by atoms with Crippen LogP contribution in [0.3, 0.4) is 0 Å². The van der Waals surface area contributed by atoms with Gasteiger partial charge in [-0.25, -0.2) is 0 Å². The molecule has 0 aliphatic carbocycles. The summed E-state index contributed by atoms with van der Waals surface area (Å²) < 4.78 is 0. The lowest BCUT2D eigenvalue weighted by Gasteiger charge is -2.10. The minimum Gasteiger partial charge on any atom is -0.324 e. The first kappa shape index (κ1) is 14.3. The van der Waals surface area contributed by atoms with E-state index in [-0.39, 0.29) is 11.9 Å². The van der Waals surface area contributed by atoms with Crippen LogP contribution in [0.15, 0.2) is 42.5 Å². The summed E-state index contributed by atoms with van der Waals surface area (Å²) >= 11 is 0. The van der Waals surface area contributed by atoms with Gasteiger partial charge in [0.2, 0.25) is 0 Å². The summed E-state index contributed by atoms with van der Waals surface area (Å²) in [6.45, 7) is 5.85. The minimum absolute atomic E-state index is 0.00114. The van der Waals surface area contributed by atoms with Crippen LogP contribution in [0.5, 0.6) is 0 Å². The second-order valence-corrected chi connectivity index (χ2v) is 5.18. The molecule has 1 amide bonds.